The minimum absolute atomic E-state index is 0.131. The molecule has 1 aromatic carbocycles. The van der Waals surface area contributed by atoms with Gasteiger partial charge in [0.1, 0.15) is 5.75 Å². The van der Waals surface area contributed by atoms with E-state index in [1.807, 2.05) is 0 Å². The Kier molecular flexibility index (Phi) is 3.73. The van der Waals surface area contributed by atoms with Crippen molar-refractivity contribution in [2.24, 2.45) is 0 Å². The molecule has 1 N–H and O–H groups in total. The van der Waals surface area contributed by atoms with E-state index in [1.54, 1.807) is 49.8 Å². The molecule has 0 aliphatic rings. The van der Waals surface area contributed by atoms with Crippen LogP contribution in [-0.4, -0.2) is 17.9 Å². The summed E-state index contributed by atoms with van der Waals surface area (Å²) in [5, 5.41) is 3.45. The minimum atomic E-state index is -0.131. The van der Waals surface area contributed by atoms with E-state index < -0.39 is 0 Å². The van der Waals surface area contributed by atoms with Crippen molar-refractivity contribution in [1.82, 2.24) is 10.3 Å². The van der Waals surface area contributed by atoms with E-state index in [-0.39, 0.29) is 5.91 Å². The van der Waals surface area contributed by atoms with Crippen LogP contribution in [0.4, 0.5) is 5.69 Å². The van der Waals surface area contributed by atoms with Crippen LogP contribution >= 0.6 is 11.3 Å². The Balaban J connectivity index is 1.97. The van der Waals surface area contributed by atoms with Crippen molar-refractivity contribution >= 4 is 33.0 Å². The molecule has 3 aromatic rings. The standard InChI is InChI=1S/C16H11N3O2S/c1-17-10-3-5-11(6-4-10)21-13-8-19-9-15-12(13)7-14(22-15)16(20)18-2/h3-9H,2H3,(H,18,20). The van der Waals surface area contributed by atoms with Gasteiger partial charge in [0, 0.05) is 18.6 Å². The van der Waals surface area contributed by atoms with Crippen LogP contribution in [0, 0.1) is 6.57 Å². The van der Waals surface area contributed by atoms with Gasteiger partial charge >= 0.3 is 0 Å². The molecular formula is C16H11N3O2S. The van der Waals surface area contributed by atoms with Gasteiger partial charge in [-0.2, -0.15) is 0 Å². The summed E-state index contributed by atoms with van der Waals surface area (Å²) in [7, 11) is 1.60. The molecule has 0 spiro atoms. The highest BCUT2D eigenvalue weighted by atomic mass is 32.1. The van der Waals surface area contributed by atoms with Crippen molar-refractivity contribution in [3.05, 3.63) is 59.0 Å². The number of hydrogen-bond donors (Lipinski definition) is 1. The molecule has 108 valence electrons. The molecule has 0 saturated carbocycles. The van der Waals surface area contributed by atoms with Crippen LogP contribution < -0.4 is 10.1 Å². The molecule has 0 aliphatic heterocycles. The van der Waals surface area contributed by atoms with Crippen LogP contribution in [-0.2, 0) is 0 Å². The zero-order valence-electron chi connectivity index (χ0n) is 11.7. The van der Waals surface area contributed by atoms with E-state index in [0.717, 1.165) is 10.1 Å². The van der Waals surface area contributed by atoms with E-state index in [1.165, 1.54) is 11.3 Å². The summed E-state index contributed by atoms with van der Waals surface area (Å²) in [6.07, 6.45) is 3.33. The third kappa shape index (κ3) is 2.62. The maximum Gasteiger partial charge on any atom is 0.261 e. The average Bonchev–Trinajstić information content (AvgIpc) is 3.00. The maximum absolute atomic E-state index is 11.7. The lowest BCUT2D eigenvalue weighted by Gasteiger charge is -2.06. The molecule has 0 unspecified atom stereocenters. The van der Waals surface area contributed by atoms with E-state index in [9.17, 15) is 4.79 Å². The number of nitrogens with zero attached hydrogens (tertiary/aromatic N) is 2. The zero-order valence-corrected chi connectivity index (χ0v) is 12.5. The Morgan fingerprint density at radius 3 is 2.77 bits per heavy atom. The summed E-state index contributed by atoms with van der Waals surface area (Å²) in [6, 6.07) is 8.65. The highest BCUT2D eigenvalue weighted by Gasteiger charge is 2.12. The molecule has 6 heteroatoms. The second-order valence-electron chi connectivity index (χ2n) is 4.45. The van der Waals surface area contributed by atoms with Crippen molar-refractivity contribution in [3.63, 3.8) is 0 Å². The topological polar surface area (TPSA) is 55.6 Å². The molecule has 2 aromatic heterocycles. The van der Waals surface area contributed by atoms with E-state index in [4.69, 9.17) is 11.3 Å². The van der Waals surface area contributed by atoms with Gasteiger partial charge in [0.05, 0.1) is 22.3 Å². The van der Waals surface area contributed by atoms with Crippen molar-refractivity contribution in [3.8, 4) is 11.5 Å². The van der Waals surface area contributed by atoms with Crippen LogP contribution in [0.15, 0.2) is 42.7 Å². The molecule has 0 aliphatic carbocycles. The third-order valence-electron chi connectivity index (χ3n) is 3.05. The molecule has 2 heterocycles. The number of hydrogen-bond acceptors (Lipinski definition) is 4. The van der Waals surface area contributed by atoms with E-state index in [0.29, 0.717) is 22.1 Å². The van der Waals surface area contributed by atoms with Gasteiger partial charge in [0.25, 0.3) is 5.91 Å². The van der Waals surface area contributed by atoms with Crippen LogP contribution in [0.5, 0.6) is 11.5 Å². The predicted molar refractivity (Wildman–Crippen MR) is 85.8 cm³/mol. The molecular weight excluding hydrogens is 298 g/mol. The van der Waals surface area contributed by atoms with Gasteiger partial charge in [-0.3, -0.25) is 9.78 Å². The monoisotopic (exact) mass is 309 g/mol. The van der Waals surface area contributed by atoms with Gasteiger partial charge in [-0.25, -0.2) is 4.85 Å². The number of benzene rings is 1. The van der Waals surface area contributed by atoms with Crippen molar-refractivity contribution < 1.29 is 9.53 Å². The Morgan fingerprint density at radius 2 is 2.09 bits per heavy atom. The van der Waals surface area contributed by atoms with Gasteiger partial charge < -0.3 is 10.1 Å². The van der Waals surface area contributed by atoms with Crippen LogP contribution in [0.1, 0.15) is 9.67 Å². The SMILES string of the molecule is [C-]#[N+]c1ccc(Oc2cncc3sc(C(=O)NC)cc23)cc1. The number of aromatic nitrogens is 1. The number of carbonyl (C=O) groups is 1. The fourth-order valence-electron chi connectivity index (χ4n) is 1.97. The molecule has 1 amide bonds. The predicted octanol–water partition coefficient (Wildman–Crippen LogP) is 4.00. The van der Waals surface area contributed by atoms with Crippen LogP contribution in [0.2, 0.25) is 0 Å². The number of nitrogens with one attached hydrogen (secondary N) is 1. The largest absolute Gasteiger partial charge is 0.455 e. The number of fused-ring (bicyclic) bond motifs is 1. The average molecular weight is 309 g/mol. The Labute approximate surface area is 131 Å². The van der Waals surface area contributed by atoms with Crippen LogP contribution in [0.25, 0.3) is 14.9 Å². The molecule has 22 heavy (non-hydrogen) atoms. The van der Waals surface area contributed by atoms with E-state index >= 15 is 0 Å². The first-order valence-corrected chi connectivity index (χ1v) is 7.28. The highest BCUT2D eigenvalue weighted by Crippen LogP contribution is 2.34. The molecule has 0 bridgehead atoms. The normalized spacial score (nSPS) is 10.2. The van der Waals surface area contributed by atoms with E-state index in [2.05, 4.69) is 15.1 Å². The number of rotatable bonds is 3. The molecule has 3 rings (SSSR count). The minimum Gasteiger partial charge on any atom is -0.455 e. The molecule has 0 fully saturated rings. The Morgan fingerprint density at radius 1 is 1.32 bits per heavy atom. The number of carbonyl (C=O) groups excluding carboxylic acids is 1. The summed E-state index contributed by atoms with van der Waals surface area (Å²) in [5.74, 6) is 1.07. The number of ether oxygens (including phenoxy) is 1. The fraction of sp³-hybridized carbons (Fsp3) is 0.0625. The summed E-state index contributed by atoms with van der Waals surface area (Å²) >= 11 is 1.37. The quantitative estimate of drug-likeness (QED) is 0.744. The lowest BCUT2D eigenvalue weighted by Crippen LogP contribution is -2.15. The zero-order chi connectivity index (χ0) is 15.5. The lowest BCUT2D eigenvalue weighted by atomic mass is 10.2. The Hall–Kier alpha value is -2.91. The van der Waals surface area contributed by atoms with Crippen molar-refractivity contribution in [2.75, 3.05) is 7.05 Å². The van der Waals surface area contributed by atoms with Gasteiger partial charge in [-0.05, 0) is 18.2 Å². The third-order valence-corrected chi connectivity index (χ3v) is 4.12. The van der Waals surface area contributed by atoms with Gasteiger partial charge in [-0.1, -0.05) is 12.1 Å². The number of pyridine rings is 1. The summed E-state index contributed by atoms with van der Waals surface area (Å²) in [5.41, 5.74) is 0.557. The highest BCUT2D eigenvalue weighted by molar-refractivity contribution is 7.20. The number of amides is 1. The first kappa shape index (κ1) is 14.0. The van der Waals surface area contributed by atoms with Gasteiger partial charge in [0.2, 0.25) is 0 Å². The Bertz CT molecular complexity index is 879. The van der Waals surface area contributed by atoms with Gasteiger partial charge in [-0.15, -0.1) is 11.3 Å². The second kappa shape index (κ2) is 5.84. The first-order valence-electron chi connectivity index (χ1n) is 6.46. The maximum atomic E-state index is 11.7. The fourth-order valence-corrected chi connectivity index (χ4v) is 2.96. The second-order valence-corrected chi connectivity index (χ2v) is 5.53. The molecule has 0 saturated heterocycles. The smallest absolute Gasteiger partial charge is 0.261 e. The summed E-state index contributed by atoms with van der Waals surface area (Å²) < 4.78 is 6.71. The van der Waals surface area contributed by atoms with Crippen molar-refractivity contribution in [2.45, 2.75) is 0 Å². The number of thiophene rings is 1. The molecule has 0 radical (unpaired) electrons. The molecule has 5 nitrogen and oxygen atoms in total. The first-order chi connectivity index (χ1) is 10.7. The lowest BCUT2D eigenvalue weighted by molar-refractivity contribution is 0.0967. The summed E-state index contributed by atoms with van der Waals surface area (Å²) in [4.78, 5) is 19.8. The van der Waals surface area contributed by atoms with Gasteiger partial charge in [0.15, 0.2) is 11.4 Å². The van der Waals surface area contributed by atoms with Crippen LogP contribution in [0.3, 0.4) is 0 Å². The summed E-state index contributed by atoms with van der Waals surface area (Å²) in [6.45, 7) is 6.94. The van der Waals surface area contributed by atoms with Crippen molar-refractivity contribution in [1.29, 1.82) is 0 Å². The molecule has 0 atom stereocenters.